The fraction of sp³-hybridized carbons (Fsp3) is 0.316. The number of rotatable bonds is 1. The lowest BCUT2D eigenvalue weighted by Crippen LogP contribution is -2.52. The summed E-state index contributed by atoms with van der Waals surface area (Å²) in [5.74, 6) is 0.270. The maximum atomic E-state index is 14.2. The third kappa shape index (κ3) is 2.93. The van der Waals surface area contributed by atoms with Crippen molar-refractivity contribution in [3.63, 3.8) is 0 Å². The Morgan fingerprint density at radius 1 is 1.36 bits per heavy atom. The van der Waals surface area contributed by atoms with Crippen LogP contribution in [0.4, 0.5) is 9.52 Å². The van der Waals surface area contributed by atoms with Gasteiger partial charge in [0.2, 0.25) is 0 Å². The third-order valence-electron chi connectivity index (χ3n) is 5.30. The van der Waals surface area contributed by atoms with Crippen LogP contribution < -0.4 is 15.8 Å². The number of nitrogens with two attached hydrogens (primary N) is 1. The number of fused-ring (bicyclic) bond motifs is 3. The smallest absolute Gasteiger partial charge is 0.181 e. The molecule has 0 spiro atoms. The summed E-state index contributed by atoms with van der Waals surface area (Å²) in [6, 6.07) is 5.21. The molecular weight excluding hydrogens is 422 g/mol. The van der Waals surface area contributed by atoms with Gasteiger partial charge in [-0.2, -0.15) is 0 Å². The zero-order chi connectivity index (χ0) is 19.4. The van der Waals surface area contributed by atoms with Crippen molar-refractivity contribution >= 4 is 49.9 Å². The van der Waals surface area contributed by atoms with Crippen LogP contribution in [0.5, 0.6) is 5.75 Å². The van der Waals surface area contributed by atoms with E-state index in [0.29, 0.717) is 48.9 Å². The summed E-state index contributed by atoms with van der Waals surface area (Å²) in [6.07, 6.45) is 0. The maximum absolute atomic E-state index is 14.2. The Hall–Kier alpha value is -1.64. The lowest BCUT2D eigenvalue weighted by atomic mass is 10.0. The first kappa shape index (κ1) is 18.4. The molecule has 1 saturated heterocycles. The first-order chi connectivity index (χ1) is 13.5. The van der Waals surface area contributed by atoms with E-state index in [1.54, 1.807) is 6.07 Å². The zero-order valence-corrected chi connectivity index (χ0v) is 17.1. The number of benzene rings is 2. The van der Waals surface area contributed by atoms with Crippen molar-refractivity contribution in [2.24, 2.45) is 0 Å². The molecule has 0 aliphatic carbocycles. The van der Waals surface area contributed by atoms with Gasteiger partial charge < -0.3 is 15.8 Å². The average molecular weight is 439 g/mol. The van der Waals surface area contributed by atoms with E-state index in [0.717, 1.165) is 43.1 Å². The summed E-state index contributed by atoms with van der Waals surface area (Å²) in [5, 5.41) is 4.60. The second-order valence-corrected chi connectivity index (χ2v) is 8.82. The second-order valence-electron chi connectivity index (χ2n) is 7.00. The number of piperazine rings is 1. The number of nitrogen functional groups attached to an aromatic ring is 1. The van der Waals surface area contributed by atoms with E-state index in [9.17, 15) is 4.39 Å². The number of hydrogen-bond acceptors (Lipinski definition) is 6. The Bertz CT molecular complexity index is 1090. The molecule has 3 N–H and O–H groups in total. The van der Waals surface area contributed by atoms with Crippen molar-refractivity contribution in [1.29, 1.82) is 0 Å². The summed E-state index contributed by atoms with van der Waals surface area (Å²) in [4.78, 5) is 6.68. The highest BCUT2D eigenvalue weighted by molar-refractivity contribution is 7.22. The molecule has 3 heterocycles. The van der Waals surface area contributed by atoms with Gasteiger partial charge in [-0.25, -0.2) is 9.37 Å². The Morgan fingerprint density at radius 2 is 2.21 bits per heavy atom. The Morgan fingerprint density at radius 3 is 3.07 bits per heavy atom. The fourth-order valence-corrected chi connectivity index (χ4v) is 5.46. The number of hydrogen-bond donors (Lipinski definition) is 2. The minimum absolute atomic E-state index is 0.287. The molecule has 1 aromatic heterocycles. The zero-order valence-electron chi connectivity index (χ0n) is 14.8. The molecule has 28 heavy (non-hydrogen) atoms. The lowest BCUT2D eigenvalue weighted by molar-refractivity contribution is 0.120. The normalized spacial score (nSPS) is 19.8. The molecule has 2 aromatic carbocycles. The maximum Gasteiger partial charge on any atom is 0.181 e. The van der Waals surface area contributed by atoms with Gasteiger partial charge in [0, 0.05) is 42.9 Å². The van der Waals surface area contributed by atoms with Crippen LogP contribution in [0.25, 0.3) is 21.3 Å². The molecule has 0 bridgehead atoms. The highest BCUT2D eigenvalue weighted by Crippen LogP contribution is 2.47. The lowest BCUT2D eigenvalue weighted by Gasteiger charge is -2.33. The number of aromatic nitrogens is 1. The number of ether oxygens (including phenoxy) is 1. The van der Waals surface area contributed by atoms with Crippen LogP contribution in [0.2, 0.25) is 10.0 Å². The van der Waals surface area contributed by atoms with Gasteiger partial charge in [0.1, 0.15) is 18.2 Å². The highest BCUT2D eigenvalue weighted by Gasteiger charge is 2.30. The standard InChI is InChI=1S/C19H17Cl2FN4OS/c20-12-5-9-7-26-4-3-24-6-10(26)8-27-17(9)15(21)14(12)11-1-2-13(22)18-16(11)25-19(23)28-18/h1-2,5,10,24H,3-4,6-8H2,(H2,23,25). The Balaban J connectivity index is 1.67. The van der Waals surface area contributed by atoms with E-state index in [-0.39, 0.29) is 11.9 Å². The van der Waals surface area contributed by atoms with Crippen molar-refractivity contribution < 1.29 is 9.13 Å². The molecule has 2 aliphatic rings. The van der Waals surface area contributed by atoms with E-state index in [2.05, 4.69) is 15.2 Å². The number of nitrogens with zero attached hydrogens (tertiary/aromatic N) is 2. The summed E-state index contributed by atoms with van der Waals surface area (Å²) >= 11 is 14.6. The topological polar surface area (TPSA) is 63.4 Å². The Kier molecular flexibility index (Phi) is 4.60. The number of thiazole rings is 1. The van der Waals surface area contributed by atoms with Gasteiger partial charge in [-0.1, -0.05) is 34.5 Å². The summed E-state index contributed by atoms with van der Waals surface area (Å²) in [6.45, 7) is 4.04. The van der Waals surface area contributed by atoms with Crippen molar-refractivity contribution in [3.05, 3.63) is 39.6 Å². The van der Waals surface area contributed by atoms with E-state index in [4.69, 9.17) is 33.7 Å². The van der Waals surface area contributed by atoms with Gasteiger partial charge in [0.15, 0.2) is 5.13 Å². The first-order valence-electron chi connectivity index (χ1n) is 8.96. The molecule has 1 atom stereocenters. The van der Waals surface area contributed by atoms with Gasteiger partial charge in [-0.3, -0.25) is 4.90 Å². The number of halogens is 3. The first-order valence-corrected chi connectivity index (χ1v) is 10.5. The van der Waals surface area contributed by atoms with Crippen LogP contribution in [0.1, 0.15) is 5.56 Å². The average Bonchev–Trinajstić information content (AvgIpc) is 2.96. The van der Waals surface area contributed by atoms with Crippen LogP contribution in [-0.4, -0.2) is 42.2 Å². The molecule has 0 radical (unpaired) electrons. The van der Waals surface area contributed by atoms with Crippen LogP contribution in [0.15, 0.2) is 18.2 Å². The van der Waals surface area contributed by atoms with E-state index in [1.165, 1.54) is 6.07 Å². The molecule has 5 rings (SSSR count). The monoisotopic (exact) mass is 438 g/mol. The molecule has 5 nitrogen and oxygen atoms in total. The molecular formula is C19H17Cl2FN4OS. The van der Waals surface area contributed by atoms with E-state index < -0.39 is 0 Å². The van der Waals surface area contributed by atoms with E-state index in [1.807, 2.05) is 6.07 Å². The van der Waals surface area contributed by atoms with E-state index >= 15 is 0 Å². The largest absolute Gasteiger partial charge is 0.490 e. The van der Waals surface area contributed by atoms with Crippen LogP contribution in [-0.2, 0) is 6.54 Å². The molecule has 2 aliphatic heterocycles. The SMILES string of the molecule is Nc1nc2c(-c3c(Cl)cc4c(c3Cl)OCC3CNCCN3C4)ccc(F)c2s1. The van der Waals surface area contributed by atoms with Crippen LogP contribution in [0, 0.1) is 5.82 Å². The van der Waals surface area contributed by atoms with Gasteiger partial charge in [0.25, 0.3) is 0 Å². The van der Waals surface area contributed by atoms with Gasteiger partial charge in [0.05, 0.1) is 26.3 Å². The van der Waals surface area contributed by atoms with Crippen molar-refractivity contribution in [1.82, 2.24) is 15.2 Å². The predicted octanol–water partition coefficient (Wildman–Crippen LogP) is 4.16. The molecule has 1 unspecified atom stereocenters. The van der Waals surface area contributed by atoms with Crippen LogP contribution >= 0.6 is 34.5 Å². The van der Waals surface area contributed by atoms with Crippen molar-refractivity contribution in [3.8, 4) is 16.9 Å². The second kappa shape index (κ2) is 7.00. The molecule has 146 valence electrons. The van der Waals surface area contributed by atoms with Crippen molar-refractivity contribution in [2.75, 3.05) is 32.0 Å². The fourth-order valence-electron chi connectivity index (χ4n) is 3.94. The third-order valence-corrected chi connectivity index (χ3v) is 6.85. The molecule has 3 aromatic rings. The minimum Gasteiger partial charge on any atom is -0.490 e. The Labute approximate surface area is 175 Å². The summed E-state index contributed by atoms with van der Waals surface area (Å²) < 4.78 is 20.7. The van der Waals surface area contributed by atoms with Gasteiger partial charge in [-0.05, 0) is 18.2 Å². The van der Waals surface area contributed by atoms with Gasteiger partial charge in [-0.15, -0.1) is 0 Å². The van der Waals surface area contributed by atoms with Crippen molar-refractivity contribution in [2.45, 2.75) is 12.6 Å². The van der Waals surface area contributed by atoms with Gasteiger partial charge >= 0.3 is 0 Å². The summed E-state index contributed by atoms with van der Waals surface area (Å²) in [5.41, 5.74) is 8.48. The predicted molar refractivity (Wildman–Crippen MR) is 112 cm³/mol. The molecule has 0 saturated carbocycles. The number of anilines is 1. The summed E-state index contributed by atoms with van der Waals surface area (Å²) in [7, 11) is 0. The number of nitrogens with one attached hydrogen (secondary N) is 1. The highest BCUT2D eigenvalue weighted by atomic mass is 35.5. The minimum atomic E-state index is -0.365. The van der Waals surface area contributed by atoms with Crippen LogP contribution in [0.3, 0.4) is 0 Å². The quantitative estimate of drug-likeness (QED) is 0.597. The molecule has 0 amide bonds. The molecule has 1 fully saturated rings. The molecule has 9 heteroatoms.